The van der Waals surface area contributed by atoms with Crippen molar-refractivity contribution in [2.75, 3.05) is 26.8 Å². The Labute approximate surface area is 147 Å². The third-order valence-corrected chi connectivity index (χ3v) is 3.45. The second kappa shape index (κ2) is 9.97. The third kappa shape index (κ3) is 6.95. The van der Waals surface area contributed by atoms with Gasteiger partial charge in [-0.3, -0.25) is 9.59 Å². The largest absolute Gasteiger partial charge is 0.497 e. The van der Waals surface area contributed by atoms with E-state index in [1.807, 2.05) is 42.5 Å². The number of methoxy groups -OCH3 is 1. The van der Waals surface area contributed by atoms with Gasteiger partial charge < -0.3 is 20.1 Å². The van der Waals surface area contributed by atoms with E-state index < -0.39 is 0 Å². The average Bonchev–Trinajstić information content (AvgIpc) is 2.66. The molecule has 2 rings (SSSR count). The summed E-state index contributed by atoms with van der Waals surface area (Å²) in [7, 11) is 1.62. The zero-order chi connectivity index (χ0) is 17.9. The monoisotopic (exact) mass is 342 g/mol. The topological polar surface area (TPSA) is 76.7 Å². The predicted octanol–water partition coefficient (Wildman–Crippen LogP) is 1.55. The second-order valence-corrected chi connectivity index (χ2v) is 5.33. The second-order valence-electron chi connectivity index (χ2n) is 5.33. The molecule has 132 valence electrons. The van der Waals surface area contributed by atoms with Gasteiger partial charge in [0, 0.05) is 6.54 Å². The third-order valence-electron chi connectivity index (χ3n) is 3.45. The van der Waals surface area contributed by atoms with Crippen molar-refractivity contribution in [3.63, 3.8) is 0 Å². The minimum absolute atomic E-state index is 0.0698. The molecule has 0 bridgehead atoms. The van der Waals surface area contributed by atoms with E-state index in [0.717, 1.165) is 11.3 Å². The van der Waals surface area contributed by atoms with E-state index in [2.05, 4.69) is 10.6 Å². The number of hydrogen-bond acceptors (Lipinski definition) is 4. The molecule has 2 N–H and O–H groups in total. The summed E-state index contributed by atoms with van der Waals surface area (Å²) < 4.78 is 10.4. The summed E-state index contributed by atoms with van der Waals surface area (Å²) in [6.07, 6.45) is 0.709. The summed E-state index contributed by atoms with van der Waals surface area (Å²) in [5.74, 6) is 0.838. The van der Waals surface area contributed by atoms with Crippen LogP contribution in [0.2, 0.25) is 0 Å². The molecule has 2 aromatic carbocycles. The van der Waals surface area contributed by atoms with Crippen molar-refractivity contribution in [3.05, 3.63) is 60.2 Å². The molecule has 2 aromatic rings. The van der Waals surface area contributed by atoms with Gasteiger partial charge in [-0.05, 0) is 36.2 Å². The molecule has 0 spiro atoms. The highest BCUT2D eigenvalue weighted by atomic mass is 16.5. The van der Waals surface area contributed by atoms with E-state index >= 15 is 0 Å². The highest BCUT2D eigenvalue weighted by molar-refractivity contribution is 5.85. The maximum Gasteiger partial charge on any atom is 0.258 e. The zero-order valence-corrected chi connectivity index (χ0v) is 14.2. The van der Waals surface area contributed by atoms with Crippen LogP contribution in [0.15, 0.2) is 54.6 Å². The van der Waals surface area contributed by atoms with Gasteiger partial charge in [-0.15, -0.1) is 0 Å². The molecule has 0 aliphatic rings. The number of benzene rings is 2. The Morgan fingerprint density at radius 1 is 0.880 bits per heavy atom. The summed E-state index contributed by atoms with van der Waals surface area (Å²) in [5.41, 5.74) is 1.10. The first-order chi connectivity index (χ1) is 12.2. The van der Waals surface area contributed by atoms with E-state index in [1.165, 1.54) is 0 Å². The van der Waals surface area contributed by atoms with Crippen LogP contribution in [0.4, 0.5) is 0 Å². The van der Waals surface area contributed by atoms with Crippen molar-refractivity contribution >= 4 is 11.8 Å². The lowest BCUT2D eigenvalue weighted by atomic mass is 10.1. The molecule has 0 radical (unpaired) electrons. The maximum atomic E-state index is 11.7. The van der Waals surface area contributed by atoms with Crippen LogP contribution in [0, 0.1) is 0 Å². The lowest BCUT2D eigenvalue weighted by Gasteiger charge is -2.08. The van der Waals surface area contributed by atoms with Gasteiger partial charge in [-0.25, -0.2) is 0 Å². The molecule has 0 saturated heterocycles. The summed E-state index contributed by atoms with van der Waals surface area (Å²) in [6.45, 7) is 0.310. The Balaban J connectivity index is 1.59. The number of amides is 2. The van der Waals surface area contributed by atoms with Gasteiger partial charge in [0.1, 0.15) is 11.5 Å². The molecule has 0 fully saturated rings. The number of ether oxygens (including phenoxy) is 2. The molecular weight excluding hydrogens is 320 g/mol. The molecule has 2 amide bonds. The van der Waals surface area contributed by atoms with E-state index in [1.54, 1.807) is 19.2 Å². The Kier molecular flexibility index (Phi) is 7.31. The van der Waals surface area contributed by atoms with E-state index in [-0.39, 0.29) is 25.0 Å². The Morgan fingerprint density at radius 3 is 2.28 bits per heavy atom. The van der Waals surface area contributed by atoms with Crippen LogP contribution < -0.4 is 20.1 Å². The first-order valence-electron chi connectivity index (χ1n) is 8.01. The zero-order valence-electron chi connectivity index (χ0n) is 14.2. The highest BCUT2D eigenvalue weighted by Crippen LogP contribution is 2.11. The van der Waals surface area contributed by atoms with Crippen molar-refractivity contribution in [2.24, 2.45) is 0 Å². The van der Waals surface area contributed by atoms with E-state index in [4.69, 9.17) is 9.47 Å². The molecule has 0 aliphatic carbocycles. The van der Waals surface area contributed by atoms with Crippen LogP contribution in [0.3, 0.4) is 0 Å². The summed E-state index contributed by atoms with van der Waals surface area (Å²) >= 11 is 0. The minimum Gasteiger partial charge on any atom is -0.497 e. The van der Waals surface area contributed by atoms with Crippen molar-refractivity contribution in [1.82, 2.24) is 10.6 Å². The predicted molar refractivity (Wildman–Crippen MR) is 94.7 cm³/mol. The number of para-hydroxylation sites is 1. The summed E-state index contributed by atoms with van der Waals surface area (Å²) in [6, 6.07) is 16.7. The SMILES string of the molecule is COc1ccc(CCNC(=O)CNC(=O)COc2ccccc2)cc1. The van der Waals surface area contributed by atoms with Gasteiger partial charge in [0.05, 0.1) is 13.7 Å². The molecule has 0 aromatic heterocycles. The smallest absolute Gasteiger partial charge is 0.258 e. The van der Waals surface area contributed by atoms with Crippen molar-refractivity contribution in [1.29, 1.82) is 0 Å². The van der Waals surface area contributed by atoms with Gasteiger partial charge in [-0.2, -0.15) is 0 Å². The van der Waals surface area contributed by atoms with Crippen LogP contribution in [-0.4, -0.2) is 38.6 Å². The number of nitrogens with one attached hydrogen (secondary N) is 2. The fourth-order valence-electron chi connectivity index (χ4n) is 2.10. The van der Waals surface area contributed by atoms with Crippen LogP contribution in [0.5, 0.6) is 11.5 Å². The standard InChI is InChI=1S/C19H22N2O4/c1-24-16-9-7-15(8-10-16)11-12-20-18(22)13-21-19(23)14-25-17-5-3-2-4-6-17/h2-10H,11-14H2,1H3,(H,20,22)(H,21,23). The van der Waals surface area contributed by atoms with Gasteiger partial charge in [-0.1, -0.05) is 30.3 Å². The van der Waals surface area contributed by atoms with E-state index in [9.17, 15) is 9.59 Å². The molecule has 0 unspecified atom stereocenters. The molecule has 6 nitrogen and oxygen atoms in total. The van der Waals surface area contributed by atoms with Crippen molar-refractivity contribution in [3.8, 4) is 11.5 Å². The summed E-state index contributed by atoms with van der Waals surface area (Å²) in [4.78, 5) is 23.4. The molecule has 0 aliphatic heterocycles. The molecule has 25 heavy (non-hydrogen) atoms. The molecule has 6 heteroatoms. The van der Waals surface area contributed by atoms with Gasteiger partial charge in [0.15, 0.2) is 6.61 Å². The van der Waals surface area contributed by atoms with Crippen LogP contribution in [-0.2, 0) is 16.0 Å². The lowest BCUT2D eigenvalue weighted by Crippen LogP contribution is -2.39. The van der Waals surface area contributed by atoms with Crippen LogP contribution >= 0.6 is 0 Å². The van der Waals surface area contributed by atoms with Crippen LogP contribution in [0.1, 0.15) is 5.56 Å². The average molecular weight is 342 g/mol. The fraction of sp³-hybridized carbons (Fsp3) is 0.263. The van der Waals surface area contributed by atoms with Crippen LogP contribution in [0.25, 0.3) is 0 Å². The highest BCUT2D eigenvalue weighted by Gasteiger charge is 2.06. The Bertz CT molecular complexity index is 672. The molecule has 0 saturated carbocycles. The normalized spacial score (nSPS) is 9.96. The fourth-order valence-corrected chi connectivity index (χ4v) is 2.10. The number of carbonyl (C=O) groups excluding carboxylic acids is 2. The molecular formula is C19H22N2O4. The van der Waals surface area contributed by atoms with Crippen molar-refractivity contribution in [2.45, 2.75) is 6.42 Å². The van der Waals surface area contributed by atoms with Gasteiger partial charge in [0.2, 0.25) is 5.91 Å². The quantitative estimate of drug-likeness (QED) is 0.725. The van der Waals surface area contributed by atoms with Crippen molar-refractivity contribution < 1.29 is 19.1 Å². The maximum absolute atomic E-state index is 11.7. The number of rotatable bonds is 9. The Hall–Kier alpha value is -3.02. The van der Waals surface area contributed by atoms with Gasteiger partial charge >= 0.3 is 0 Å². The van der Waals surface area contributed by atoms with E-state index in [0.29, 0.717) is 18.7 Å². The first kappa shape index (κ1) is 18.3. The van der Waals surface area contributed by atoms with Gasteiger partial charge in [0.25, 0.3) is 5.91 Å². The first-order valence-corrected chi connectivity index (χ1v) is 8.01. The molecule has 0 heterocycles. The lowest BCUT2D eigenvalue weighted by molar-refractivity contribution is -0.127. The summed E-state index contributed by atoms with van der Waals surface area (Å²) in [5, 5.41) is 5.29. The number of carbonyl (C=O) groups is 2. The number of hydrogen-bond donors (Lipinski definition) is 2. The Morgan fingerprint density at radius 2 is 1.60 bits per heavy atom. The minimum atomic E-state index is -0.339. The molecule has 0 atom stereocenters.